The van der Waals surface area contributed by atoms with Gasteiger partial charge in [0.05, 0.1) is 12.4 Å². The van der Waals surface area contributed by atoms with Crippen molar-refractivity contribution < 1.29 is 22.6 Å². The van der Waals surface area contributed by atoms with Gasteiger partial charge in [0.25, 0.3) is 6.71 Å². The maximum atomic E-state index is 14.4. The van der Waals surface area contributed by atoms with Crippen LogP contribution in [0.25, 0.3) is 0 Å². The van der Waals surface area contributed by atoms with Crippen LogP contribution < -0.4 is 14.8 Å². The number of aromatic nitrogens is 4. The van der Waals surface area contributed by atoms with Crippen LogP contribution >= 0.6 is 0 Å². The van der Waals surface area contributed by atoms with E-state index in [4.69, 9.17) is 10.00 Å². The molecule has 0 aromatic carbocycles. The minimum atomic E-state index is -2.98. The number of nitrogens with one attached hydrogen (secondary N) is 2. The lowest BCUT2D eigenvalue weighted by atomic mass is 9.46. The molecule has 3 heterocycles. The predicted molar refractivity (Wildman–Crippen MR) is 90.1 cm³/mol. The maximum Gasteiger partial charge on any atom is 0.388 e. The largest absolute Gasteiger partial charge is 0.470 e. The number of aromatic amines is 1. The molecule has 0 aliphatic carbocycles. The van der Waals surface area contributed by atoms with Gasteiger partial charge in [-0.2, -0.15) is 13.8 Å². The molecular formula is C15H16BF3N6O2. The summed E-state index contributed by atoms with van der Waals surface area (Å²) in [6.07, 6.45) is 2.71. The third-order valence-electron chi connectivity index (χ3n) is 4.05. The highest BCUT2D eigenvalue weighted by Gasteiger charge is 2.32. The highest BCUT2D eigenvalue weighted by molar-refractivity contribution is 6.67. The number of anilines is 2. The van der Waals surface area contributed by atoms with E-state index in [1.54, 1.807) is 0 Å². The average molecular weight is 380 g/mol. The Morgan fingerprint density at radius 2 is 2.22 bits per heavy atom. The Balaban J connectivity index is 1.63. The maximum absolute atomic E-state index is 14.4. The van der Waals surface area contributed by atoms with E-state index < -0.39 is 18.9 Å². The lowest BCUT2D eigenvalue weighted by Gasteiger charge is -2.20. The summed E-state index contributed by atoms with van der Waals surface area (Å²) >= 11 is 0. The molecule has 142 valence electrons. The van der Waals surface area contributed by atoms with Gasteiger partial charge in [-0.05, 0) is 12.7 Å². The molecule has 0 spiro atoms. The molecular weight excluding hydrogens is 364 g/mol. The van der Waals surface area contributed by atoms with Crippen LogP contribution in [0.1, 0.15) is 12.8 Å². The van der Waals surface area contributed by atoms with Gasteiger partial charge in [-0.1, -0.05) is 12.7 Å². The summed E-state index contributed by atoms with van der Waals surface area (Å²) in [4.78, 5) is 8.14. The zero-order valence-electron chi connectivity index (χ0n) is 14.1. The second-order valence-corrected chi connectivity index (χ2v) is 6.03. The molecule has 0 saturated carbocycles. The smallest absolute Gasteiger partial charge is 0.388 e. The predicted octanol–water partition coefficient (Wildman–Crippen LogP) is 2.98. The fourth-order valence-electron chi connectivity index (χ4n) is 2.81. The first kappa shape index (κ1) is 18.8. The lowest BCUT2D eigenvalue weighted by molar-refractivity contribution is -0.0528. The number of nitriles is 1. The number of rotatable bonds is 6. The second kappa shape index (κ2) is 8.61. The first-order chi connectivity index (χ1) is 13.0. The summed E-state index contributed by atoms with van der Waals surface area (Å²) in [5.74, 6) is 2.45. The van der Waals surface area contributed by atoms with Gasteiger partial charge in [0.2, 0.25) is 11.8 Å². The monoisotopic (exact) mass is 380 g/mol. The van der Waals surface area contributed by atoms with E-state index in [1.807, 2.05) is 0 Å². The topological polar surface area (TPSA) is 109 Å². The molecule has 27 heavy (non-hydrogen) atoms. The van der Waals surface area contributed by atoms with E-state index in [1.165, 1.54) is 18.5 Å². The van der Waals surface area contributed by atoms with Crippen molar-refractivity contribution in [3.8, 4) is 17.7 Å². The normalized spacial score (nSPS) is 20.0. The summed E-state index contributed by atoms with van der Waals surface area (Å²) in [6, 6.07) is 1.23. The molecule has 2 atom stereocenters. The van der Waals surface area contributed by atoms with E-state index >= 15 is 0 Å². The number of halogens is 3. The zero-order chi connectivity index (χ0) is 19.2. The van der Waals surface area contributed by atoms with Gasteiger partial charge in [0.1, 0.15) is 18.1 Å². The highest BCUT2D eigenvalue weighted by atomic mass is 19.3. The first-order valence-electron chi connectivity index (χ1n) is 8.33. The Bertz CT molecular complexity index is 802. The van der Waals surface area contributed by atoms with Gasteiger partial charge >= 0.3 is 6.61 Å². The van der Waals surface area contributed by atoms with Gasteiger partial charge < -0.3 is 14.8 Å². The van der Waals surface area contributed by atoms with Crippen molar-refractivity contribution in [1.29, 1.82) is 5.26 Å². The molecule has 2 aromatic rings. The first-order valence-corrected chi connectivity index (χ1v) is 8.33. The SMILES string of the molecule is N#CB1CCCC(Oc2cncc(Nc3cc(OC(F)F)n[nH]3)n2)C(F)C1. The van der Waals surface area contributed by atoms with Gasteiger partial charge in [-0.3, -0.25) is 10.1 Å². The Kier molecular flexibility index (Phi) is 6.00. The van der Waals surface area contributed by atoms with E-state index in [0.717, 1.165) is 0 Å². The fraction of sp³-hybridized carbons (Fsp3) is 0.467. The molecule has 1 fully saturated rings. The summed E-state index contributed by atoms with van der Waals surface area (Å²) in [5, 5.41) is 17.8. The Hall–Kier alpha value is -2.97. The van der Waals surface area contributed by atoms with Crippen LogP contribution in [0.3, 0.4) is 0 Å². The van der Waals surface area contributed by atoms with Gasteiger partial charge in [0.15, 0.2) is 5.82 Å². The number of hydrogen-bond acceptors (Lipinski definition) is 7. The minimum Gasteiger partial charge on any atom is -0.470 e. The number of H-pyrrole nitrogens is 1. The molecule has 0 bridgehead atoms. The van der Waals surface area contributed by atoms with Crippen molar-refractivity contribution in [2.24, 2.45) is 0 Å². The second-order valence-electron chi connectivity index (χ2n) is 6.03. The lowest BCUT2D eigenvalue weighted by Crippen LogP contribution is -2.29. The third kappa shape index (κ3) is 5.26. The number of ether oxygens (including phenoxy) is 2. The van der Waals surface area contributed by atoms with Crippen molar-refractivity contribution in [2.45, 2.75) is 44.4 Å². The van der Waals surface area contributed by atoms with E-state index in [0.29, 0.717) is 19.2 Å². The van der Waals surface area contributed by atoms with Gasteiger partial charge in [-0.15, -0.1) is 5.10 Å². The van der Waals surface area contributed by atoms with Crippen molar-refractivity contribution in [1.82, 2.24) is 20.2 Å². The van der Waals surface area contributed by atoms with Crippen molar-refractivity contribution >= 4 is 18.3 Å². The van der Waals surface area contributed by atoms with E-state index in [-0.39, 0.29) is 36.4 Å². The van der Waals surface area contributed by atoms with Crippen LogP contribution in [0.4, 0.5) is 24.8 Å². The van der Waals surface area contributed by atoms with Crippen molar-refractivity contribution in [3.63, 3.8) is 0 Å². The van der Waals surface area contributed by atoms with Crippen LogP contribution in [-0.4, -0.2) is 45.8 Å². The number of nitrogens with zero attached hydrogens (tertiary/aromatic N) is 4. The van der Waals surface area contributed by atoms with Crippen molar-refractivity contribution in [2.75, 3.05) is 5.32 Å². The van der Waals surface area contributed by atoms with Crippen molar-refractivity contribution in [3.05, 3.63) is 18.5 Å². The van der Waals surface area contributed by atoms with Gasteiger partial charge in [0, 0.05) is 12.0 Å². The van der Waals surface area contributed by atoms with Gasteiger partial charge in [-0.25, -0.2) is 9.65 Å². The fourth-order valence-corrected chi connectivity index (χ4v) is 2.81. The van der Waals surface area contributed by atoms with Crippen LogP contribution in [0.5, 0.6) is 11.8 Å². The molecule has 12 heteroatoms. The zero-order valence-corrected chi connectivity index (χ0v) is 14.1. The summed E-state index contributed by atoms with van der Waals surface area (Å²) in [7, 11) is 0. The molecule has 0 amide bonds. The highest BCUT2D eigenvalue weighted by Crippen LogP contribution is 2.26. The molecule has 0 radical (unpaired) electrons. The molecule has 2 aromatic heterocycles. The Labute approximate surface area is 153 Å². The van der Waals surface area contributed by atoms with E-state index in [2.05, 4.69) is 36.2 Å². The molecule has 1 aliphatic heterocycles. The number of alkyl halides is 3. The molecule has 1 aliphatic rings. The average Bonchev–Trinajstić information content (AvgIpc) is 2.97. The Morgan fingerprint density at radius 1 is 1.37 bits per heavy atom. The minimum absolute atomic E-state index is 0.117. The summed E-state index contributed by atoms with van der Waals surface area (Å²) in [5.41, 5.74) is 0. The number of hydrogen-bond donors (Lipinski definition) is 2. The third-order valence-corrected chi connectivity index (χ3v) is 4.05. The summed E-state index contributed by atoms with van der Waals surface area (Å²) < 4.78 is 48.5. The van der Waals surface area contributed by atoms with Crippen LogP contribution in [0.15, 0.2) is 18.5 Å². The molecule has 1 saturated heterocycles. The van der Waals surface area contributed by atoms with Crippen LogP contribution in [0, 0.1) is 11.2 Å². The summed E-state index contributed by atoms with van der Waals surface area (Å²) in [6.45, 7) is -3.29. The quantitative estimate of drug-likeness (QED) is 0.742. The van der Waals surface area contributed by atoms with Crippen LogP contribution in [-0.2, 0) is 0 Å². The molecule has 3 rings (SSSR count). The molecule has 8 nitrogen and oxygen atoms in total. The van der Waals surface area contributed by atoms with Crippen LogP contribution in [0.2, 0.25) is 12.6 Å². The molecule has 2 N–H and O–H groups in total. The Morgan fingerprint density at radius 3 is 3.00 bits per heavy atom. The standard InChI is InChI=1S/C15H16BF3N6O2/c17-9-5-16(8-20)3-1-2-10(9)26-14-7-21-6-12(23-14)22-11-4-13(25-24-11)27-15(18)19/h4,6-7,9-10,15H,1-3,5H2,(H2,22,23,24,25). The van der Waals surface area contributed by atoms with E-state index in [9.17, 15) is 13.2 Å². The molecule has 2 unspecified atom stereocenters.